The van der Waals surface area contributed by atoms with Crippen molar-refractivity contribution in [1.29, 1.82) is 0 Å². The number of aryl methyl sites for hydroxylation is 1. The van der Waals surface area contributed by atoms with Crippen LogP contribution in [0.5, 0.6) is 0 Å². The van der Waals surface area contributed by atoms with Crippen LogP contribution in [0.1, 0.15) is 36.1 Å². The largest absolute Gasteiger partial charge is 0.345 e. The number of anilines is 1. The number of hydrogen-bond donors (Lipinski definition) is 0. The van der Waals surface area contributed by atoms with E-state index in [9.17, 15) is 4.79 Å². The van der Waals surface area contributed by atoms with E-state index < -0.39 is 0 Å². The first kappa shape index (κ1) is 19.3. The molecule has 148 valence electrons. The van der Waals surface area contributed by atoms with Crippen LogP contribution in [-0.2, 0) is 0 Å². The summed E-state index contributed by atoms with van der Waals surface area (Å²) in [6.45, 7) is 9.04. The van der Waals surface area contributed by atoms with E-state index >= 15 is 0 Å². The van der Waals surface area contributed by atoms with Gasteiger partial charge in [0.05, 0.1) is 15.9 Å². The third kappa shape index (κ3) is 3.51. The van der Waals surface area contributed by atoms with E-state index in [1.54, 1.807) is 23.1 Å². The standard InChI is InChI=1S/C20H25N5OS2/c1-13(2)25-15(12-14(3)22-25)19(26)23-8-10-24(11-9-23)20-21-18-16(27-4)6-5-7-17(18)28-20/h5-7,12-13H,8-11H2,1-4H3. The van der Waals surface area contributed by atoms with Gasteiger partial charge in [0, 0.05) is 37.1 Å². The lowest BCUT2D eigenvalue weighted by Crippen LogP contribution is -2.49. The molecule has 2 aromatic heterocycles. The molecule has 0 radical (unpaired) electrons. The van der Waals surface area contributed by atoms with Crippen LogP contribution in [0.25, 0.3) is 10.2 Å². The molecular weight excluding hydrogens is 390 g/mol. The molecule has 28 heavy (non-hydrogen) atoms. The summed E-state index contributed by atoms with van der Waals surface area (Å²) < 4.78 is 3.05. The molecule has 3 heterocycles. The van der Waals surface area contributed by atoms with E-state index in [4.69, 9.17) is 4.98 Å². The minimum absolute atomic E-state index is 0.0721. The monoisotopic (exact) mass is 415 g/mol. The Balaban J connectivity index is 1.48. The maximum Gasteiger partial charge on any atom is 0.272 e. The van der Waals surface area contributed by atoms with Crippen LogP contribution in [-0.4, -0.2) is 58.0 Å². The number of carbonyl (C=O) groups excluding carboxylic acids is 1. The van der Waals surface area contributed by atoms with Crippen molar-refractivity contribution >= 4 is 44.4 Å². The minimum Gasteiger partial charge on any atom is -0.345 e. The van der Waals surface area contributed by atoms with Gasteiger partial charge in [-0.3, -0.25) is 9.48 Å². The second kappa shape index (κ2) is 7.75. The van der Waals surface area contributed by atoms with Crippen molar-refractivity contribution in [3.63, 3.8) is 0 Å². The number of para-hydroxylation sites is 1. The van der Waals surface area contributed by atoms with Crippen LogP contribution in [0, 0.1) is 6.92 Å². The maximum atomic E-state index is 13.0. The fourth-order valence-corrected chi connectivity index (χ4v) is 5.22. The van der Waals surface area contributed by atoms with Crippen molar-refractivity contribution in [2.75, 3.05) is 37.3 Å². The third-order valence-corrected chi connectivity index (χ3v) is 6.84. The molecule has 1 aromatic carbocycles. The minimum atomic E-state index is 0.0721. The van der Waals surface area contributed by atoms with Crippen molar-refractivity contribution in [2.45, 2.75) is 31.7 Å². The lowest BCUT2D eigenvalue weighted by Gasteiger charge is -2.34. The molecule has 1 aliphatic rings. The molecule has 0 aliphatic carbocycles. The maximum absolute atomic E-state index is 13.0. The Kier molecular flexibility index (Phi) is 5.33. The zero-order valence-electron chi connectivity index (χ0n) is 16.7. The van der Waals surface area contributed by atoms with Crippen LogP contribution < -0.4 is 4.90 Å². The molecule has 0 unspecified atom stereocenters. The van der Waals surface area contributed by atoms with E-state index in [0.29, 0.717) is 18.8 Å². The smallest absolute Gasteiger partial charge is 0.272 e. The van der Waals surface area contributed by atoms with Crippen molar-refractivity contribution in [1.82, 2.24) is 19.7 Å². The van der Waals surface area contributed by atoms with E-state index in [-0.39, 0.29) is 11.9 Å². The molecule has 1 amide bonds. The zero-order chi connectivity index (χ0) is 19.8. The van der Waals surface area contributed by atoms with Gasteiger partial charge in [0.2, 0.25) is 0 Å². The number of nitrogens with zero attached hydrogens (tertiary/aromatic N) is 5. The summed E-state index contributed by atoms with van der Waals surface area (Å²) in [5, 5.41) is 5.53. The zero-order valence-corrected chi connectivity index (χ0v) is 18.3. The number of hydrogen-bond acceptors (Lipinski definition) is 6. The number of aromatic nitrogens is 3. The Bertz CT molecular complexity index is 1000. The topological polar surface area (TPSA) is 54.3 Å². The quantitative estimate of drug-likeness (QED) is 0.601. The van der Waals surface area contributed by atoms with E-state index in [1.807, 2.05) is 22.6 Å². The van der Waals surface area contributed by atoms with Gasteiger partial charge in [0.15, 0.2) is 5.13 Å². The van der Waals surface area contributed by atoms with Gasteiger partial charge in [-0.15, -0.1) is 11.8 Å². The average Bonchev–Trinajstić information content (AvgIpc) is 3.31. The highest BCUT2D eigenvalue weighted by Crippen LogP contribution is 2.34. The fraction of sp³-hybridized carbons (Fsp3) is 0.450. The summed E-state index contributed by atoms with van der Waals surface area (Å²) in [4.78, 5) is 23.4. The molecule has 8 heteroatoms. The summed E-state index contributed by atoms with van der Waals surface area (Å²) in [7, 11) is 0. The van der Waals surface area contributed by atoms with E-state index in [2.05, 4.69) is 48.3 Å². The number of fused-ring (bicyclic) bond motifs is 1. The van der Waals surface area contributed by atoms with Crippen molar-refractivity contribution in [3.8, 4) is 0 Å². The molecule has 3 aromatic rings. The predicted octanol–water partition coefficient (Wildman–Crippen LogP) is 4.07. The second-order valence-electron chi connectivity index (χ2n) is 7.29. The summed E-state index contributed by atoms with van der Waals surface area (Å²) in [6.07, 6.45) is 2.09. The number of rotatable bonds is 4. The summed E-state index contributed by atoms with van der Waals surface area (Å²) >= 11 is 3.46. The highest BCUT2D eigenvalue weighted by atomic mass is 32.2. The first-order valence-corrected chi connectivity index (χ1v) is 11.6. The molecule has 0 N–H and O–H groups in total. The first-order valence-electron chi connectivity index (χ1n) is 9.52. The van der Waals surface area contributed by atoms with Crippen LogP contribution in [0.3, 0.4) is 0 Å². The molecule has 0 saturated carbocycles. The average molecular weight is 416 g/mol. The Labute approximate surface area is 173 Å². The number of amides is 1. The van der Waals surface area contributed by atoms with Crippen molar-refractivity contribution in [3.05, 3.63) is 35.7 Å². The SMILES string of the molecule is CSc1cccc2sc(N3CCN(C(=O)c4cc(C)nn4C(C)C)CC3)nc12. The highest BCUT2D eigenvalue weighted by Gasteiger charge is 2.27. The molecular formula is C20H25N5OS2. The normalized spacial score (nSPS) is 15.0. The number of thioether (sulfide) groups is 1. The Morgan fingerprint density at radius 2 is 1.96 bits per heavy atom. The Morgan fingerprint density at radius 3 is 2.64 bits per heavy atom. The van der Waals surface area contributed by atoms with Gasteiger partial charge in [-0.05, 0) is 45.2 Å². The van der Waals surface area contributed by atoms with Crippen LogP contribution >= 0.6 is 23.1 Å². The number of benzene rings is 1. The fourth-order valence-electron chi connectivity index (χ4n) is 3.54. The van der Waals surface area contributed by atoms with Gasteiger partial charge in [-0.1, -0.05) is 17.4 Å². The van der Waals surface area contributed by atoms with Gasteiger partial charge in [0.1, 0.15) is 5.69 Å². The molecule has 0 bridgehead atoms. The lowest BCUT2D eigenvalue weighted by molar-refractivity contribution is 0.0732. The number of carbonyl (C=O) groups is 1. The van der Waals surface area contributed by atoms with Crippen LogP contribution in [0.15, 0.2) is 29.2 Å². The summed E-state index contributed by atoms with van der Waals surface area (Å²) in [5.41, 5.74) is 2.66. The third-order valence-electron chi connectivity index (χ3n) is 4.99. The van der Waals surface area contributed by atoms with Crippen molar-refractivity contribution < 1.29 is 4.79 Å². The van der Waals surface area contributed by atoms with Crippen LogP contribution in [0.2, 0.25) is 0 Å². The van der Waals surface area contributed by atoms with Gasteiger partial charge >= 0.3 is 0 Å². The number of thiazole rings is 1. The molecule has 0 spiro atoms. The van der Waals surface area contributed by atoms with Gasteiger partial charge < -0.3 is 9.80 Å². The molecule has 0 atom stereocenters. The molecule has 1 saturated heterocycles. The first-order chi connectivity index (χ1) is 13.5. The summed E-state index contributed by atoms with van der Waals surface area (Å²) in [5.74, 6) is 0.0721. The van der Waals surface area contributed by atoms with E-state index in [0.717, 1.165) is 29.4 Å². The molecule has 1 fully saturated rings. The Hall–Kier alpha value is -2.06. The second-order valence-corrected chi connectivity index (χ2v) is 9.15. The predicted molar refractivity (Wildman–Crippen MR) is 117 cm³/mol. The van der Waals surface area contributed by atoms with E-state index in [1.165, 1.54) is 9.60 Å². The summed E-state index contributed by atoms with van der Waals surface area (Å²) in [6, 6.07) is 8.40. The molecule has 6 nitrogen and oxygen atoms in total. The van der Waals surface area contributed by atoms with Crippen LogP contribution in [0.4, 0.5) is 5.13 Å². The van der Waals surface area contributed by atoms with Gasteiger partial charge in [-0.25, -0.2) is 4.98 Å². The Morgan fingerprint density at radius 1 is 1.21 bits per heavy atom. The van der Waals surface area contributed by atoms with Crippen molar-refractivity contribution in [2.24, 2.45) is 0 Å². The molecule has 1 aliphatic heterocycles. The highest BCUT2D eigenvalue weighted by molar-refractivity contribution is 7.98. The van der Waals surface area contributed by atoms with Gasteiger partial charge in [0.25, 0.3) is 5.91 Å². The lowest BCUT2D eigenvalue weighted by atomic mass is 10.2. The van der Waals surface area contributed by atoms with Gasteiger partial charge in [-0.2, -0.15) is 5.10 Å². The molecule has 4 rings (SSSR count). The number of piperazine rings is 1.